The number of rotatable bonds is 4. The summed E-state index contributed by atoms with van der Waals surface area (Å²) in [6, 6.07) is 7.52. The Labute approximate surface area is 105 Å². The van der Waals surface area contributed by atoms with Crippen molar-refractivity contribution in [3.8, 4) is 0 Å². The number of carbonyl (C=O) groups excluding carboxylic acids is 1. The zero-order chi connectivity index (χ0) is 13.0. The monoisotopic (exact) mass is 245 g/mol. The number of aryl methyl sites for hydroxylation is 1. The van der Waals surface area contributed by atoms with Crippen LogP contribution in [-0.2, 0) is 0 Å². The van der Waals surface area contributed by atoms with Gasteiger partial charge in [0.2, 0.25) is 0 Å². The van der Waals surface area contributed by atoms with E-state index in [9.17, 15) is 4.79 Å². The number of hydrogen-bond acceptors (Lipinski definition) is 4. The number of nitrogens with one attached hydrogen (secondary N) is 2. The van der Waals surface area contributed by atoms with E-state index in [1.54, 1.807) is 13.0 Å². The molecule has 94 valence electrons. The summed E-state index contributed by atoms with van der Waals surface area (Å²) in [5.41, 5.74) is 2.08. The molecule has 0 aliphatic carbocycles. The Hall–Kier alpha value is -2.30. The second-order valence-corrected chi connectivity index (χ2v) is 3.82. The van der Waals surface area contributed by atoms with Gasteiger partial charge in [0, 0.05) is 12.2 Å². The highest BCUT2D eigenvalue weighted by molar-refractivity contribution is 6.07. The first-order valence-corrected chi connectivity index (χ1v) is 5.77. The van der Waals surface area contributed by atoms with E-state index < -0.39 is 0 Å². The van der Waals surface area contributed by atoms with Gasteiger partial charge >= 0.3 is 6.01 Å². The largest absolute Gasteiger partial charge is 0.432 e. The van der Waals surface area contributed by atoms with Gasteiger partial charge in [-0.15, -0.1) is 0 Å². The van der Waals surface area contributed by atoms with E-state index in [1.165, 1.54) is 6.26 Å². The molecule has 18 heavy (non-hydrogen) atoms. The summed E-state index contributed by atoms with van der Waals surface area (Å²) in [5.74, 6) is -0.242. The molecule has 2 N–H and O–H groups in total. The fourth-order valence-corrected chi connectivity index (χ4v) is 1.60. The highest BCUT2D eigenvalue weighted by atomic mass is 16.4. The van der Waals surface area contributed by atoms with Crippen molar-refractivity contribution >= 4 is 17.6 Å². The van der Waals surface area contributed by atoms with Crippen molar-refractivity contribution in [3.05, 3.63) is 41.8 Å². The molecule has 2 rings (SSSR count). The lowest BCUT2D eigenvalue weighted by molar-refractivity contribution is 0.102. The van der Waals surface area contributed by atoms with Crippen LogP contribution in [0.3, 0.4) is 0 Å². The first-order valence-electron chi connectivity index (χ1n) is 5.77. The second kappa shape index (κ2) is 5.35. The third kappa shape index (κ3) is 2.68. The standard InChI is InChI=1S/C13H15N3O2/c1-3-14-11-7-5-4-6-10(11)12(17)16-13-15-9(2)8-18-13/h4-8,14H,3H2,1-2H3,(H,15,16,17). The third-order valence-corrected chi connectivity index (χ3v) is 2.38. The number of anilines is 2. The average Bonchev–Trinajstić information content (AvgIpc) is 2.76. The van der Waals surface area contributed by atoms with Gasteiger partial charge in [-0.1, -0.05) is 12.1 Å². The van der Waals surface area contributed by atoms with Crippen LogP contribution in [0.2, 0.25) is 0 Å². The maximum Gasteiger partial charge on any atom is 0.301 e. The lowest BCUT2D eigenvalue weighted by Gasteiger charge is -2.09. The molecule has 1 aromatic heterocycles. The van der Waals surface area contributed by atoms with E-state index in [4.69, 9.17) is 4.42 Å². The molecule has 5 nitrogen and oxygen atoms in total. The molecule has 0 atom stereocenters. The van der Waals surface area contributed by atoms with E-state index >= 15 is 0 Å². The van der Waals surface area contributed by atoms with Crippen LogP contribution in [-0.4, -0.2) is 17.4 Å². The first kappa shape index (κ1) is 12.2. The highest BCUT2D eigenvalue weighted by Crippen LogP contribution is 2.16. The minimum Gasteiger partial charge on any atom is -0.432 e. The zero-order valence-electron chi connectivity index (χ0n) is 10.4. The quantitative estimate of drug-likeness (QED) is 0.869. The SMILES string of the molecule is CCNc1ccccc1C(=O)Nc1nc(C)co1. The third-order valence-electron chi connectivity index (χ3n) is 2.38. The predicted molar refractivity (Wildman–Crippen MR) is 69.8 cm³/mol. The van der Waals surface area contributed by atoms with Crippen LogP contribution < -0.4 is 10.6 Å². The van der Waals surface area contributed by atoms with Crippen molar-refractivity contribution < 1.29 is 9.21 Å². The normalized spacial score (nSPS) is 10.1. The number of carbonyl (C=O) groups is 1. The number of aromatic nitrogens is 1. The van der Waals surface area contributed by atoms with Gasteiger partial charge in [-0.25, -0.2) is 0 Å². The molecule has 1 aromatic carbocycles. The summed E-state index contributed by atoms with van der Waals surface area (Å²) >= 11 is 0. The van der Waals surface area contributed by atoms with Gasteiger partial charge in [-0.05, 0) is 26.0 Å². The summed E-state index contributed by atoms with van der Waals surface area (Å²) in [4.78, 5) is 16.1. The molecule has 0 bridgehead atoms. The molecule has 5 heteroatoms. The topological polar surface area (TPSA) is 67.2 Å². The van der Waals surface area contributed by atoms with Crippen LogP contribution in [0, 0.1) is 6.92 Å². The van der Waals surface area contributed by atoms with Crippen molar-refractivity contribution in [2.24, 2.45) is 0 Å². The number of oxazole rings is 1. The lowest BCUT2D eigenvalue weighted by Crippen LogP contribution is -2.14. The predicted octanol–water partition coefficient (Wildman–Crippen LogP) is 2.67. The smallest absolute Gasteiger partial charge is 0.301 e. The van der Waals surface area contributed by atoms with Gasteiger partial charge in [0.05, 0.1) is 11.3 Å². The maximum atomic E-state index is 12.1. The minimum atomic E-state index is -0.242. The van der Waals surface area contributed by atoms with Crippen LogP contribution >= 0.6 is 0 Å². The van der Waals surface area contributed by atoms with Gasteiger partial charge in [0.1, 0.15) is 6.26 Å². The summed E-state index contributed by atoms with van der Waals surface area (Å²) in [6.45, 7) is 4.53. The van der Waals surface area contributed by atoms with Crippen molar-refractivity contribution in [2.45, 2.75) is 13.8 Å². The van der Waals surface area contributed by atoms with Crippen LogP contribution in [0.1, 0.15) is 23.0 Å². The molecule has 0 aliphatic rings. The van der Waals surface area contributed by atoms with E-state index in [-0.39, 0.29) is 11.9 Å². The molecule has 0 aliphatic heterocycles. The molecule has 0 saturated carbocycles. The van der Waals surface area contributed by atoms with Crippen LogP contribution in [0.4, 0.5) is 11.7 Å². The van der Waals surface area contributed by atoms with Gasteiger partial charge in [-0.3, -0.25) is 10.1 Å². The van der Waals surface area contributed by atoms with E-state index in [0.717, 1.165) is 17.9 Å². The summed E-state index contributed by atoms with van der Waals surface area (Å²) in [6.07, 6.45) is 1.49. The Kier molecular flexibility index (Phi) is 3.62. The fraction of sp³-hybridized carbons (Fsp3) is 0.231. The Morgan fingerprint density at radius 2 is 2.17 bits per heavy atom. The summed E-state index contributed by atoms with van der Waals surface area (Å²) in [5, 5.41) is 5.76. The Balaban J connectivity index is 2.18. The summed E-state index contributed by atoms with van der Waals surface area (Å²) in [7, 11) is 0. The van der Waals surface area contributed by atoms with Crippen molar-refractivity contribution in [1.29, 1.82) is 0 Å². The van der Waals surface area contributed by atoms with Crippen LogP contribution in [0.5, 0.6) is 0 Å². The Morgan fingerprint density at radius 3 is 2.83 bits per heavy atom. The highest BCUT2D eigenvalue weighted by Gasteiger charge is 2.12. The Morgan fingerprint density at radius 1 is 1.39 bits per heavy atom. The molecular formula is C13H15N3O2. The van der Waals surface area contributed by atoms with Gasteiger partial charge < -0.3 is 9.73 Å². The molecule has 1 amide bonds. The molecule has 0 fully saturated rings. The van der Waals surface area contributed by atoms with Gasteiger partial charge in [0.25, 0.3) is 5.91 Å². The molecular weight excluding hydrogens is 230 g/mol. The molecule has 0 spiro atoms. The number of amides is 1. The first-order chi connectivity index (χ1) is 8.70. The number of para-hydroxylation sites is 1. The number of benzene rings is 1. The van der Waals surface area contributed by atoms with E-state index in [0.29, 0.717) is 5.56 Å². The van der Waals surface area contributed by atoms with E-state index in [1.807, 2.05) is 25.1 Å². The summed E-state index contributed by atoms with van der Waals surface area (Å²) < 4.78 is 5.09. The molecule has 1 heterocycles. The fourth-order valence-electron chi connectivity index (χ4n) is 1.60. The van der Waals surface area contributed by atoms with Crippen LogP contribution in [0.15, 0.2) is 34.9 Å². The molecule has 0 unspecified atom stereocenters. The lowest BCUT2D eigenvalue weighted by atomic mass is 10.1. The number of nitrogens with zero attached hydrogens (tertiary/aromatic N) is 1. The van der Waals surface area contributed by atoms with E-state index in [2.05, 4.69) is 15.6 Å². The second-order valence-electron chi connectivity index (χ2n) is 3.82. The minimum absolute atomic E-state index is 0.212. The molecule has 0 saturated heterocycles. The van der Waals surface area contributed by atoms with Crippen molar-refractivity contribution in [2.75, 3.05) is 17.2 Å². The van der Waals surface area contributed by atoms with Crippen LogP contribution in [0.25, 0.3) is 0 Å². The zero-order valence-corrected chi connectivity index (χ0v) is 10.4. The average molecular weight is 245 g/mol. The van der Waals surface area contributed by atoms with Crippen molar-refractivity contribution in [3.63, 3.8) is 0 Å². The molecule has 0 radical (unpaired) electrons. The Bertz CT molecular complexity index is 549. The maximum absolute atomic E-state index is 12.1. The number of hydrogen-bond donors (Lipinski definition) is 2. The van der Waals surface area contributed by atoms with Gasteiger partial charge in [-0.2, -0.15) is 4.98 Å². The van der Waals surface area contributed by atoms with Gasteiger partial charge in [0.15, 0.2) is 0 Å². The molecule has 2 aromatic rings. The van der Waals surface area contributed by atoms with Crippen molar-refractivity contribution in [1.82, 2.24) is 4.98 Å².